The first-order valence-electron chi connectivity index (χ1n) is 6.60. The summed E-state index contributed by atoms with van der Waals surface area (Å²) >= 11 is 0. The Bertz CT molecular complexity index is 801. The van der Waals surface area contributed by atoms with Crippen molar-refractivity contribution in [3.63, 3.8) is 0 Å². The van der Waals surface area contributed by atoms with Crippen molar-refractivity contribution in [3.8, 4) is 0 Å². The van der Waals surface area contributed by atoms with Gasteiger partial charge in [0, 0.05) is 25.1 Å². The molecule has 1 heterocycles. The smallest absolute Gasteiger partial charge is 0.408 e. The van der Waals surface area contributed by atoms with Crippen LogP contribution in [0, 0.1) is 17.2 Å². The lowest BCUT2D eigenvalue weighted by atomic mass is 10.2. The molecule has 20 heavy (non-hydrogen) atoms. The molecule has 1 aromatic carbocycles. The summed E-state index contributed by atoms with van der Waals surface area (Å²) in [6.07, 6.45) is 3.10. The highest BCUT2D eigenvalue weighted by Crippen LogP contribution is 2.70. The second-order valence-corrected chi connectivity index (χ2v) is 5.84. The zero-order valence-corrected chi connectivity index (χ0v) is 10.9. The normalized spacial score (nSPS) is 22.2. The van der Waals surface area contributed by atoms with Crippen molar-refractivity contribution >= 4 is 22.7 Å². The van der Waals surface area contributed by atoms with E-state index in [1.54, 1.807) is 0 Å². The largest absolute Gasteiger partial charge is 0.419 e. The van der Waals surface area contributed by atoms with Gasteiger partial charge in [0.15, 0.2) is 5.58 Å². The first-order chi connectivity index (χ1) is 9.50. The van der Waals surface area contributed by atoms with E-state index in [-0.39, 0.29) is 28.5 Å². The van der Waals surface area contributed by atoms with Crippen molar-refractivity contribution < 1.29 is 13.6 Å². The average Bonchev–Trinajstić information content (AvgIpc) is 3.31. The van der Waals surface area contributed by atoms with Crippen LogP contribution in [0.4, 0.5) is 10.1 Å². The van der Waals surface area contributed by atoms with E-state index in [9.17, 15) is 14.0 Å². The van der Waals surface area contributed by atoms with Crippen LogP contribution in [0.3, 0.4) is 0 Å². The summed E-state index contributed by atoms with van der Waals surface area (Å²) in [4.78, 5) is 23.4. The molecule has 1 amide bonds. The molecule has 2 aromatic rings. The predicted octanol–water partition coefficient (Wildman–Crippen LogP) is 2.01. The van der Waals surface area contributed by atoms with Crippen molar-refractivity contribution in [2.75, 3.05) is 5.32 Å². The molecule has 1 aromatic heterocycles. The Morgan fingerprint density at radius 2 is 2.25 bits per heavy atom. The Morgan fingerprint density at radius 3 is 2.90 bits per heavy atom. The maximum atomic E-state index is 14.0. The van der Waals surface area contributed by atoms with Gasteiger partial charge in [0.05, 0.1) is 11.2 Å². The number of oxazole rings is 1. The van der Waals surface area contributed by atoms with Gasteiger partial charge in [0.25, 0.3) is 0 Å². The molecule has 0 aliphatic heterocycles. The molecular formula is C14H13FN2O3. The fraction of sp³-hybridized carbons (Fsp3) is 0.429. The Morgan fingerprint density at radius 1 is 1.50 bits per heavy atom. The van der Waals surface area contributed by atoms with Crippen LogP contribution in [0.1, 0.15) is 19.3 Å². The van der Waals surface area contributed by atoms with Gasteiger partial charge in [0.2, 0.25) is 5.91 Å². The molecule has 2 fully saturated rings. The number of nitrogens with zero attached hydrogens (tertiary/aromatic N) is 1. The molecule has 0 saturated heterocycles. The number of anilines is 1. The molecule has 1 N–H and O–H groups in total. The van der Waals surface area contributed by atoms with E-state index < -0.39 is 11.6 Å². The van der Waals surface area contributed by atoms with Gasteiger partial charge in [-0.15, -0.1) is 0 Å². The van der Waals surface area contributed by atoms with E-state index in [1.807, 2.05) is 0 Å². The monoisotopic (exact) mass is 276 g/mol. The fourth-order valence-corrected chi connectivity index (χ4v) is 2.89. The number of hydrogen-bond donors (Lipinski definition) is 1. The van der Waals surface area contributed by atoms with Crippen LogP contribution in [0.5, 0.6) is 0 Å². The first-order valence-corrected chi connectivity index (χ1v) is 6.60. The zero-order valence-electron chi connectivity index (χ0n) is 10.9. The number of benzene rings is 1. The molecule has 0 bridgehead atoms. The number of halogens is 1. The Hall–Kier alpha value is -2.11. The van der Waals surface area contributed by atoms with Gasteiger partial charge in [0.1, 0.15) is 5.82 Å². The number of aromatic nitrogens is 1. The predicted molar refractivity (Wildman–Crippen MR) is 69.8 cm³/mol. The molecule has 6 heteroatoms. The quantitative estimate of drug-likeness (QED) is 0.912. The zero-order chi connectivity index (χ0) is 14.1. The number of amides is 1. The number of nitrogens with one attached hydrogen (secondary N) is 1. The van der Waals surface area contributed by atoms with Crippen molar-refractivity contribution in [3.05, 3.63) is 28.5 Å². The molecule has 0 radical (unpaired) electrons. The number of fused-ring (bicyclic) bond motifs is 1. The van der Waals surface area contributed by atoms with E-state index in [4.69, 9.17) is 4.42 Å². The number of aryl methyl sites for hydroxylation is 1. The molecule has 2 saturated carbocycles. The van der Waals surface area contributed by atoms with Crippen LogP contribution >= 0.6 is 0 Å². The second kappa shape index (κ2) is 3.50. The number of rotatable bonds is 2. The minimum absolute atomic E-state index is 0.0142. The van der Waals surface area contributed by atoms with Crippen LogP contribution in [0.2, 0.25) is 0 Å². The lowest BCUT2D eigenvalue weighted by Crippen LogP contribution is -2.16. The lowest BCUT2D eigenvalue weighted by molar-refractivity contribution is -0.117. The summed E-state index contributed by atoms with van der Waals surface area (Å²) in [5.41, 5.74) is 0.936. The van der Waals surface area contributed by atoms with Gasteiger partial charge in [-0.05, 0) is 24.7 Å². The molecule has 5 nitrogen and oxygen atoms in total. The van der Waals surface area contributed by atoms with Crippen molar-refractivity contribution in [2.45, 2.75) is 19.3 Å². The Kier molecular flexibility index (Phi) is 2.05. The van der Waals surface area contributed by atoms with Gasteiger partial charge in [-0.25, -0.2) is 9.18 Å². The molecule has 1 unspecified atom stereocenters. The van der Waals surface area contributed by atoms with Gasteiger partial charge >= 0.3 is 5.76 Å². The van der Waals surface area contributed by atoms with Crippen LogP contribution < -0.4 is 11.1 Å². The van der Waals surface area contributed by atoms with E-state index in [1.165, 1.54) is 23.7 Å². The van der Waals surface area contributed by atoms with E-state index in [0.717, 1.165) is 19.3 Å². The summed E-state index contributed by atoms with van der Waals surface area (Å²) < 4.78 is 20.2. The van der Waals surface area contributed by atoms with Crippen LogP contribution in [0.15, 0.2) is 21.3 Å². The summed E-state index contributed by atoms with van der Waals surface area (Å²) in [6, 6.07) is 2.57. The minimum atomic E-state index is -0.562. The maximum absolute atomic E-state index is 14.0. The molecule has 2 aliphatic rings. The van der Waals surface area contributed by atoms with Crippen molar-refractivity contribution in [2.24, 2.45) is 18.4 Å². The molecule has 1 spiro atoms. The molecule has 1 atom stereocenters. The third kappa shape index (κ3) is 1.54. The highest BCUT2D eigenvalue weighted by atomic mass is 19.1. The third-order valence-corrected chi connectivity index (χ3v) is 4.54. The molecule has 2 aliphatic carbocycles. The van der Waals surface area contributed by atoms with Gasteiger partial charge < -0.3 is 9.73 Å². The first kappa shape index (κ1) is 11.7. The maximum Gasteiger partial charge on any atom is 0.419 e. The van der Waals surface area contributed by atoms with Gasteiger partial charge in [-0.3, -0.25) is 9.36 Å². The highest BCUT2D eigenvalue weighted by molar-refractivity contribution is 5.97. The van der Waals surface area contributed by atoms with E-state index >= 15 is 0 Å². The Labute approximate surface area is 113 Å². The summed E-state index contributed by atoms with van der Waals surface area (Å²) in [5.74, 6) is -1.24. The van der Waals surface area contributed by atoms with Gasteiger partial charge in [-0.2, -0.15) is 0 Å². The molecule has 104 valence electrons. The van der Waals surface area contributed by atoms with E-state index in [0.29, 0.717) is 5.52 Å². The summed E-state index contributed by atoms with van der Waals surface area (Å²) in [6.45, 7) is 0. The van der Waals surface area contributed by atoms with Gasteiger partial charge in [-0.1, -0.05) is 0 Å². The second-order valence-electron chi connectivity index (χ2n) is 5.84. The van der Waals surface area contributed by atoms with Crippen LogP contribution in [-0.2, 0) is 11.8 Å². The average molecular weight is 276 g/mol. The third-order valence-electron chi connectivity index (χ3n) is 4.54. The topological polar surface area (TPSA) is 64.2 Å². The summed E-state index contributed by atoms with van der Waals surface area (Å²) in [7, 11) is 1.51. The molecular weight excluding hydrogens is 263 g/mol. The highest BCUT2D eigenvalue weighted by Gasteiger charge is 2.65. The lowest BCUT2D eigenvalue weighted by Gasteiger charge is -2.06. The van der Waals surface area contributed by atoms with Crippen LogP contribution in [0.25, 0.3) is 11.1 Å². The Balaban J connectivity index is 1.67. The fourth-order valence-electron chi connectivity index (χ4n) is 2.89. The van der Waals surface area contributed by atoms with Crippen molar-refractivity contribution in [1.29, 1.82) is 0 Å². The number of carbonyl (C=O) groups excluding carboxylic acids is 1. The molecule has 4 rings (SSSR count). The van der Waals surface area contributed by atoms with Crippen molar-refractivity contribution in [1.82, 2.24) is 4.57 Å². The minimum Gasteiger partial charge on any atom is -0.408 e. The summed E-state index contributed by atoms with van der Waals surface area (Å²) in [5, 5.41) is 2.60. The number of hydrogen-bond acceptors (Lipinski definition) is 3. The van der Waals surface area contributed by atoms with Crippen LogP contribution in [-0.4, -0.2) is 10.5 Å². The van der Waals surface area contributed by atoms with E-state index in [2.05, 4.69) is 5.32 Å². The number of carbonyl (C=O) groups is 1. The SMILES string of the molecule is Cn1c(=O)oc2cc(NC(=O)C3CC34CC4)c(F)cc21. The standard InChI is InChI=1S/C14H13FN2O3/c1-17-10-4-8(15)9(5-11(10)20-13(17)19)16-12(18)7-6-14(7)2-3-14/h4-5,7H,2-3,6H2,1H3,(H,16,18).